The Kier molecular flexibility index (Phi) is 2.89. The van der Waals surface area contributed by atoms with Gasteiger partial charge >= 0.3 is 5.97 Å². The maximum Gasteiger partial charge on any atom is 0.340 e. The molecule has 0 bridgehead atoms. The van der Waals surface area contributed by atoms with Crippen molar-refractivity contribution in [1.82, 2.24) is 25.4 Å². The van der Waals surface area contributed by atoms with Gasteiger partial charge in [-0.3, -0.25) is 5.10 Å². The van der Waals surface area contributed by atoms with Crippen LogP contribution in [-0.4, -0.2) is 44.9 Å². The van der Waals surface area contributed by atoms with Gasteiger partial charge in [-0.25, -0.2) is 14.5 Å². The number of hydrogen-bond donors (Lipinski definition) is 3. The summed E-state index contributed by atoms with van der Waals surface area (Å²) in [5.41, 5.74) is -0.480. The summed E-state index contributed by atoms with van der Waals surface area (Å²) in [5.74, 6) is -1.69. The molecule has 2 heterocycles. The number of carboxylic acid groups (broad SMARTS) is 1. The molecular weight excluding hydrogens is 264 g/mol. The molecule has 18 heavy (non-hydrogen) atoms. The minimum Gasteiger partial charge on any atom is -0.478 e. The Morgan fingerprint density at radius 2 is 2.17 bits per heavy atom. The fourth-order valence-corrected chi connectivity index (χ4v) is 2.14. The number of rotatable bonds is 4. The topological polar surface area (TPSA) is 151 Å². The van der Waals surface area contributed by atoms with Crippen LogP contribution >= 0.6 is 0 Å². The molecule has 0 aromatic carbocycles. The van der Waals surface area contributed by atoms with Crippen LogP contribution in [0.5, 0.6) is 0 Å². The third-order valence-corrected chi connectivity index (χ3v) is 3.11. The van der Waals surface area contributed by atoms with Crippen molar-refractivity contribution in [3.63, 3.8) is 0 Å². The lowest BCUT2D eigenvalue weighted by molar-refractivity contribution is 0.0692. The van der Waals surface area contributed by atoms with Gasteiger partial charge in [0.1, 0.15) is 5.56 Å². The van der Waals surface area contributed by atoms with Crippen LogP contribution in [0, 0.1) is 0 Å². The number of hydrogen-bond acceptors (Lipinski definition) is 7. The zero-order valence-corrected chi connectivity index (χ0v) is 9.42. The van der Waals surface area contributed by atoms with Crippen LogP contribution < -0.4 is 4.72 Å². The monoisotopic (exact) mass is 270 g/mol. The summed E-state index contributed by atoms with van der Waals surface area (Å²) in [6, 6.07) is 0. The predicted molar refractivity (Wildman–Crippen MR) is 56.2 cm³/mol. The van der Waals surface area contributed by atoms with Gasteiger partial charge < -0.3 is 5.11 Å². The maximum absolute atomic E-state index is 11.8. The lowest BCUT2D eigenvalue weighted by Crippen LogP contribution is -2.18. The van der Waals surface area contributed by atoms with E-state index < -0.39 is 26.6 Å². The average molecular weight is 270 g/mol. The number of nitrogens with zero attached hydrogens (tertiary/aromatic N) is 4. The van der Waals surface area contributed by atoms with Crippen LogP contribution in [0.15, 0.2) is 23.6 Å². The van der Waals surface area contributed by atoms with E-state index in [4.69, 9.17) is 5.11 Å². The third-order valence-electron chi connectivity index (χ3n) is 1.81. The molecule has 0 spiro atoms. The minimum absolute atomic E-state index is 0.275. The van der Waals surface area contributed by atoms with E-state index in [0.717, 1.165) is 6.20 Å². The first-order valence-corrected chi connectivity index (χ1v) is 5.92. The van der Waals surface area contributed by atoms with Gasteiger partial charge in [0.15, 0.2) is 5.03 Å². The summed E-state index contributed by atoms with van der Waals surface area (Å²) in [5, 5.41) is 20.5. The molecule has 0 aliphatic heterocycles. The summed E-state index contributed by atoms with van der Waals surface area (Å²) in [6.07, 6.45) is 3.38. The molecule has 2 aromatic heterocycles. The van der Waals surface area contributed by atoms with Gasteiger partial charge in [-0.15, -0.1) is 5.10 Å². The highest BCUT2D eigenvalue weighted by Gasteiger charge is 2.25. The number of aromatic nitrogens is 5. The van der Waals surface area contributed by atoms with Gasteiger partial charge in [0.05, 0.1) is 18.6 Å². The Hall–Kier alpha value is -2.56. The summed E-state index contributed by atoms with van der Waals surface area (Å²) in [4.78, 5) is 14.4. The summed E-state index contributed by atoms with van der Waals surface area (Å²) >= 11 is 0. The van der Waals surface area contributed by atoms with Gasteiger partial charge in [0.2, 0.25) is 0 Å². The molecular formula is C7H6N6O4S. The highest BCUT2D eigenvalue weighted by atomic mass is 32.2. The fraction of sp³-hybridized carbons (Fsp3) is 0. The van der Waals surface area contributed by atoms with Crippen molar-refractivity contribution in [2.24, 2.45) is 0 Å². The van der Waals surface area contributed by atoms with Crippen LogP contribution in [0.4, 0.5) is 5.95 Å². The molecule has 0 amide bonds. The Labute approximate surface area is 100 Å². The molecule has 0 saturated heterocycles. The Morgan fingerprint density at radius 1 is 1.39 bits per heavy atom. The first-order valence-electron chi connectivity index (χ1n) is 4.44. The second-order valence-corrected chi connectivity index (χ2v) is 4.61. The summed E-state index contributed by atoms with van der Waals surface area (Å²) in [6.45, 7) is 0. The molecule has 2 aromatic rings. The van der Waals surface area contributed by atoms with Crippen molar-refractivity contribution in [3.05, 3.63) is 24.2 Å². The van der Waals surface area contributed by atoms with E-state index in [9.17, 15) is 13.2 Å². The number of aromatic amines is 1. The first-order chi connectivity index (χ1) is 8.50. The molecule has 0 aliphatic rings. The zero-order chi connectivity index (χ0) is 13.2. The summed E-state index contributed by atoms with van der Waals surface area (Å²) < 4.78 is 25.6. The van der Waals surface area contributed by atoms with E-state index in [1.54, 1.807) is 0 Å². The quantitative estimate of drug-likeness (QED) is 0.646. The smallest absolute Gasteiger partial charge is 0.340 e. The van der Waals surface area contributed by atoms with Crippen LogP contribution in [0.2, 0.25) is 0 Å². The van der Waals surface area contributed by atoms with Crippen LogP contribution in [0.25, 0.3) is 0 Å². The van der Waals surface area contributed by atoms with Crippen LogP contribution in [0.3, 0.4) is 0 Å². The SMILES string of the molecule is O=C(O)c1cn[nH]c1S(=O)(=O)Nc1nccnn1. The molecule has 0 unspecified atom stereocenters. The molecule has 10 nitrogen and oxygen atoms in total. The normalized spacial score (nSPS) is 11.1. The minimum atomic E-state index is -4.16. The molecule has 3 N–H and O–H groups in total. The molecule has 94 valence electrons. The number of H-pyrrole nitrogens is 1. The van der Waals surface area contributed by atoms with Crippen molar-refractivity contribution in [1.29, 1.82) is 0 Å². The largest absolute Gasteiger partial charge is 0.478 e. The maximum atomic E-state index is 11.8. The average Bonchev–Trinajstić information content (AvgIpc) is 2.79. The van der Waals surface area contributed by atoms with Gasteiger partial charge in [-0.1, -0.05) is 0 Å². The lowest BCUT2D eigenvalue weighted by atomic mass is 10.4. The van der Waals surface area contributed by atoms with Crippen LogP contribution in [0.1, 0.15) is 10.4 Å². The van der Waals surface area contributed by atoms with Crippen molar-refractivity contribution in [2.45, 2.75) is 5.03 Å². The van der Waals surface area contributed by atoms with E-state index in [1.165, 1.54) is 12.4 Å². The Balaban J connectivity index is 2.37. The molecule has 0 atom stereocenters. The van der Waals surface area contributed by atoms with E-state index in [-0.39, 0.29) is 5.95 Å². The second-order valence-electron chi connectivity index (χ2n) is 2.99. The first kappa shape index (κ1) is 11.9. The van der Waals surface area contributed by atoms with Gasteiger partial charge in [0.25, 0.3) is 16.0 Å². The standard InChI is InChI=1S/C7H6N6O4S/c14-6(15)4-3-10-11-5(4)18(16,17)13-7-8-1-2-9-12-7/h1-3H,(H,10,11)(H,14,15)(H,8,12,13). The second kappa shape index (κ2) is 4.37. The number of sulfonamides is 1. The van der Waals surface area contributed by atoms with E-state index in [0.29, 0.717) is 0 Å². The van der Waals surface area contributed by atoms with Gasteiger partial charge in [0, 0.05) is 0 Å². The Bertz CT molecular complexity index is 666. The molecule has 2 rings (SSSR count). The van der Waals surface area contributed by atoms with Crippen molar-refractivity contribution in [2.75, 3.05) is 4.72 Å². The zero-order valence-electron chi connectivity index (χ0n) is 8.60. The van der Waals surface area contributed by atoms with Gasteiger partial charge in [-0.2, -0.15) is 18.6 Å². The highest BCUT2D eigenvalue weighted by Crippen LogP contribution is 2.14. The number of carboxylic acids is 1. The van der Waals surface area contributed by atoms with Crippen molar-refractivity contribution >= 4 is 21.9 Å². The van der Waals surface area contributed by atoms with Crippen molar-refractivity contribution in [3.8, 4) is 0 Å². The number of aromatic carboxylic acids is 1. The number of anilines is 1. The van der Waals surface area contributed by atoms with Crippen molar-refractivity contribution < 1.29 is 18.3 Å². The number of carbonyl (C=O) groups is 1. The molecule has 0 aliphatic carbocycles. The van der Waals surface area contributed by atoms with E-state index in [1.807, 2.05) is 4.72 Å². The third kappa shape index (κ3) is 2.24. The molecule has 0 saturated carbocycles. The fourth-order valence-electron chi connectivity index (χ4n) is 1.10. The van der Waals surface area contributed by atoms with Crippen LogP contribution in [-0.2, 0) is 10.0 Å². The number of nitrogens with one attached hydrogen (secondary N) is 2. The van der Waals surface area contributed by atoms with E-state index in [2.05, 4.69) is 25.4 Å². The van der Waals surface area contributed by atoms with E-state index >= 15 is 0 Å². The molecule has 11 heteroatoms. The molecule has 0 fully saturated rings. The summed E-state index contributed by atoms with van der Waals surface area (Å²) in [7, 11) is -4.16. The lowest BCUT2D eigenvalue weighted by Gasteiger charge is -2.03. The molecule has 0 radical (unpaired) electrons. The van der Waals surface area contributed by atoms with Gasteiger partial charge in [-0.05, 0) is 0 Å². The highest BCUT2D eigenvalue weighted by molar-refractivity contribution is 7.92. The predicted octanol–water partition coefficient (Wildman–Crippen LogP) is -0.906. The Morgan fingerprint density at radius 3 is 2.78 bits per heavy atom.